The smallest absolute Gasteiger partial charge is 0.261 e. The van der Waals surface area contributed by atoms with E-state index in [1.54, 1.807) is 6.07 Å². The molecule has 0 aromatic heterocycles. The molecule has 0 aliphatic carbocycles. The summed E-state index contributed by atoms with van der Waals surface area (Å²) in [5.74, 6) is -0.805. The van der Waals surface area contributed by atoms with Crippen LogP contribution in [0.5, 0.6) is 5.75 Å². The number of hydrogen-bond acceptors (Lipinski definition) is 3. The van der Waals surface area contributed by atoms with Gasteiger partial charge in [0, 0.05) is 12.1 Å². The molecule has 0 radical (unpaired) electrons. The Bertz CT molecular complexity index is 436. The van der Waals surface area contributed by atoms with Crippen molar-refractivity contribution in [2.24, 2.45) is 0 Å². The fourth-order valence-corrected chi connectivity index (χ4v) is 1.98. The largest absolute Gasteiger partial charge is 0.477 e. The van der Waals surface area contributed by atoms with E-state index in [9.17, 15) is 9.18 Å². The predicted octanol–water partition coefficient (Wildman–Crippen LogP) is 1.37. The van der Waals surface area contributed by atoms with Crippen molar-refractivity contribution in [1.29, 1.82) is 0 Å². The van der Waals surface area contributed by atoms with Gasteiger partial charge in [0.25, 0.3) is 5.91 Å². The first-order chi connectivity index (χ1) is 8.72. The lowest BCUT2D eigenvalue weighted by Gasteiger charge is -2.18. The molecule has 1 amide bonds. The Balaban J connectivity index is 2.19. The monoisotopic (exact) mass is 253 g/mol. The summed E-state index contributed by atoms with van der Waals surface area (Å²) in [5, 5.41) is 11.9. The van der Waals surface area contributed by atoms with E-state index in [4.69, 9.17) is 9.84 Å². The lowest BCUT2D eigenvalue weighted by atomic mass is 10.1. The van der Waals surface area contributed by atoms with Crippen LogP contribution in [0.2, 0.25) is 0 Å². The van der Waals surface area contributed by atoms with Crippen LogP contribution >= 0.6 is 0 Å². The van der Waals surface area contributed by atoms with Gasteiger partial charge in [0.2, 0.25) is 0 Å². The van der Waals surface area contributed by atoms with Crippen LogP contribution in [-0.4, -0.2) is 23.7 Å². The molecule has 0 saturated carbocycles. The Morgan fingerprint density at radius 2 is 2.28 bits per heavy atom. The minimum atomic E-state index is -0.685. The van der Waals surface area contributed by atoms with Gasteiger partial charge in [-0.2, -0.15) is 0 Å². The van der Waals surface area contributed by atoms with Gasteiger partial charge < -0.3 is 15.2 Å². The summed E-state index contributed by atoms with van der Waals surface area (Å²) in [6, 6.07) is 4.33. The molecule has 1 atom stereocenters. The molecule has 1 unspecified atom stereocenters. The third-order valence-electron chi connectivity index (χ3n) is 2.96. The van der Waals surface area contributed by atoms with Crippen LogP contribution in [0.15, 0.2) is 18.2 Å². The van der Waals surface area contributed by atoms with Crippen molar-refractivity contribution in [3.05, 3.63) is 29.6 Å². The maximum atomic E-state index is 13.7. The van der Waals surface area contributed by atoms with Gasteiger partial charge in [-0.15, -0.1) is 0 Å². The number of carbonyl (C=O) groups excluding carboxylic acids is 1. The summed E-state index contributed by atoms with van der Waals surface area (Å²) in [4.78, 5) is 11.7. The van der Waals surface area contributed by atoms with Crippen LogP contribution in [0.4, 0.5) is 4.39 Å². The Hall–Kier alpha value is -1.62. The highest BCUT2D eigenvalue weighted by molar-refractivity contribution is 5.81. The van der Waals surface area contributed by atoms with Crippen molar-refractivity contribution in [1.82, 2.24) is 5.32 Å². The zero-order chi connectivity index (χ0) is 13.0. The lowest BCUT2D eigenvalue weighted by Crippen LogP contribution is -2.36. The highest BCUT2D eigenvalue weighted by Gasteiger charge is 2.24. The number of benzene rings is 1. The van der Waals surface area contributed by atoms with E-state index in [1.165, 1.54) is 12.1 Å². The number of halogens is 1. The number of aliphatic hydroxyl groups excluding tert-OH is 1. The fourth-order valence-electron chi connectivity index (χ4n) is 1.98. The first-order valence-corrected chi connectivity index (χ1v) is 6.05. The number of ether oxygens (including phenoxy) is 1. The number of rotatable bonds is 3. The molecule has 1 aromatic rings. The normalized spacial score (nSPS) is 20.1. The highest BCUT2D eigenvalue weighted by atomic mass is 19.1. The van der Waals surface area contributed by atoms with Gasteiger partial charge in [-0.3, -0.25) is 4.79 Å². The van der Waals surface area contributed by atoms with Gasteiger partial charge >= 0.3 is 0 Å². The topological polar surface area (TPSA) is 58.6 Å². The van der Waals surface area contributed by atoms with E-state index in [0.29, 0.717) is 18.5 Å². The molecule has 1 fully saturated rings. The van der Waals surface area contributed by atoms with Crippen molar-refractivity contribution in [2.45, 2.75) is 32.0 Å². The van der Waals surface area contributed by atoms with Crippen LogP contribution in [0, 0.1) is 5.82 Å². The van der Waals surface area contributed by atoms with Crippen LogP contribution in [0.1, 0.15) is 24.8 Å². The number of carbonyl (C=O) groups is 1. The molecule has 1 aliphatic heterocycles. The summed E-state index contributed by atoms with van der Waals surface area (Å²) >= 11 is 0. The average Bonchev–Trinajstić information content (AvgIpc) is 2.57. The molecule has 2 rings (SSSR count). The summed E-state index contributed by atoms with van der Waals surface area (Å²) in [7, 11) is 0. The number of hydrogen-bond donors (Lipinski definition) is 2. The Morgan fingerprint density at radius 3 is 3.06 bits per heavy atom. The maximum Gasteiger partial charge on any atom is 0.261 e. The van der Waals surface area contributed by atoms with Gasteiger partial charge in [-0.25, -0.2) is 4.39 Å². The molecule has 1 saturated heterocycles. The minimum absolute atomic E-state index is 0.0259. The molecule has 0 spiro atoms. The molecule has 1 aromatic carbocycles. The third-order valence-corrected chi connectivity index (χ3v) is 2.96. The van der Waals surface area contributed by atoms with Gasteiger partial charge in [0.05, 0.1) is 6.61 Å². The Labute approximate surface area is 105 Å². The molecular weight excluding hydrogens is 237 g/mol. The highest BCUT2D eigenvalue weighted by Crippen LogP contribution is 2.25. The quantitative estimate of drug-likeness (QED) is 0.855. The molecule has 2 N–H and O–H groups in total. The second kappa shape index (κ2) is 5.82. The average molecular weight is 253 g/mol. The zero-order valence-corrected chi connectivity index (χ0v) is 9.99. The number of amides is 1. The second-order valence-electron chi connectivity index (χ2n) is 4.28. The number of nitrogens with one attached hydrogen (secondary N) is 1. The van der Waals surface area contributed by atoms with Gasteiger partial charge in [-0.1, -0.05) is 12.1 Å². The molecule has 4 nitrogen and oxygen atoms in total. The van der Waals surface area contributed by atoms with Crippen LogP contribution in [0.3, 0.4) is 0 Å². The van der Waals surface area contributed by atoms with Crippen LogP contribution in [0.25, 0.3) is 0 Å². The lowest BCUT2D eigenvalue weighted by molar-refractivity contribution is -0.127. The van der Waals surface area contributed by atoms with E-state index < -0.39 is 11.9 Å². The predicted molar refractivity (Wildman–Crippen MR) is 63.6 cm³/mol. The van der Waals surface area contributed by atoms with Gasteiger partial charge in [0.1, 0.15) is 0 Å². The third kappa shape index (κ3) is 2.79. The van der Waals surface area contributed by atoms with Crippen LogP contribution in [-0.2, 0) is 11.4 Å². The maximum absolute atomic E-state index is 13.7. The van der Waals surface area contributed by atoms with Gasteiger partial charge in [-0.05, 0) is 25.3 Å². The summed E-state index contributed by atoms with van der Waals surface area (Å²) in [6.45, 7) is 0.310. The van der Waals surface area contributed by atoms with E-state index >= 15 is 0 Å². The first kappa shape index (κ1) is 12.8. The summed E-state index contributed by atoms with van der Waals surface area (Å²) in [5.41, 5.74) is 0.354. The van der Waals surface area contributed by atoms with E-state index in [-0.39, 0.29) is 18.3 Å². The molecule has 5 heteroatoms. The molecule has 98 valence electrons. The fraction of sp³-hybridized carbons (Fsp3) is 0.462. The summed E-state index contributed by atoms with van der Waals surface area (Å²) in [6.07, 6.45) is 1.63. The van der Waals surface area contributed by atoms with Crippen LogP contribution < -0.4 is 10.1 Å². The molecule has 1 heterocycles. The van der Waals surface area contributed by atoms with E-state index in [2.05, 4.69) is 5.32 Å². The zero-order valence-electron chi connectivity index (χ0n) is 9.99. The van der Waals surface area contributed by atoms with E-state index in [0.717, 1.165) is 12.8 Å². The molecule has 1 aliphatic rings. The molecule has 18 heavy (non-hydrogen) atoms. The van der Waals surface area contributed by atoms with Crippen molar-refractivity contribution in [3.63, 3.8) is 0 Å². The number of aliphatic hydroxyl groups is 1. The van der Waals surface area contributed by atoms with Crippen molar-refractivity contribution in [2.75, 3.05) is 6.54 Å². The van der Waals surface area contributed by atoms with Crippen molar-refractivity contribution in [3.8, 4) is 5.75 Å². The minimum Gasteiger partial charge on any atom is -0.477 e. The molecular formula is C13H16FNO3. The Morgan fingerprint density at radius 1 is 1.44 bits per heavy atom. The second-order valence-corrected chi connectivity index (χ2v) is 4.28. The Kier molecular flexibility index (Phi) is 4.15. The number of para-hydroxylation sites is 1. The van der Waals surface area contributed by atoms with E-state index in [1.807, 2.05) is 0 Å². The SMILES string of the molecule is O=C1NCCCCC1Oc1c(F)cccc1CO. The summed E-state index contributed by atoms with van der Waals surface area (Å²) < 4.78 is 19.1. The van der Waals surface area contributed by atoms with Gasteiger partial charge in [0.15, 0.2) is 17.7 Å². The standard InChI is InChI=1S/C13H16FNO3/c14-10-5-3-4-9(8-16)12(10)18-11-6-1-2-7-15-13(11)17/h3-5,11,16H,1-2,6-8H2,(H,15,17). The first-order valence-electron chi connectivity index (χ1n) is 6.05. The van der Waals surface area contributed by atoms with Crippen molar-refractivity contribution < 1.29 is 19.0 Å². The molecule has 0 bridgehead atoms. The van der Waals surface area contributed by atoms with Crippen molar-refractivity contribution >= 4 is 5.91 Å².